The summed E-state index contributed by atoms with van der Waals surface area (Å²) in [6, 6.07) is 0.624. The van der Waals surface area contributed by atoms with Crippen LogP contribution < -0.4 is 5.32 Å². The summed E-state index contributed by atoms with van der Waals surface area (Å²) in [6.07, 6.45) is 6.66. The molecule has 0 radical (unpaired) electrons. The molecular weight excluding hydrogens is 238 g/mol. The number of hydrogen-bond acceptors (Lipinski definition) is 5. The first-order chi connectivity index (χ1) is 7.74. The molecule has 0 amide bonds. The van der Waals surface area contributed by atoms with E-state index in [2.05, 4.69) is 29.4 Å². The lowest BCUT2D eigenvalue weighted by Gasteiger charge is -2.21. The van der Waals surface area contributed by atoms with Gasteiger partial charge in [-0.15, -0.1) is 10.2 Å². The van der Waals surface area contributed by atoms with Gasteiger partial charge in [-0.1, -0.05) is 56.2 Å². The highest BCUT2D eigenvalue weighted by atomic mass is 32.2. The van der Waals surface area contributed by atoms with Crippen molar-refractivity contribution in [3.05, 3.63) is 0 Å². The van der Waals surface area contributed by atoms with E-state index in [0.717, 1.165) is 9.47 Å². The fraction of sp³-hybridized carbons (Fsp3) is 0.818. The van der Waals surface area contributed by atoms with Crippen LogP contribution in [0.5, 0.6) is 0 Å². The molecule has 1 aromatic rings. The van der Waals surface area contributed by atoms with E-state index in [-0.39, 0.29) is 0 Å². The number of nitrogens with zero attached hydrogens (tertiary/aromatic N) is 2. The van der Waals surface area contributed by atoms with Crippen LogP contribution in [0, 0.1) is 0 Å². The lowest BCUT2D eigenvalue weighted by Crippen LogP contribution is -2.21. The summed E-state index contributed by atoms with van der Waals surface area (Å²) in [6.45, 7) is 4.36. The molecule has 1 heterocycles. The van der Waals surface area contributed by atoms with Crippen LogP contribution in [0.25, 0.3) is 0 Å². The highest BCUT2D eigenvalue weighted by molar-refractivity contribution is 8.01. The number of thioether (sulfide) groups is 1. The Morgan fingerprint density at radius 2 is 2.00 bits per heavy atom. The molecule has 1 fully saturated rings. The van der Waals surface area contributed by atoms with Crippen LogP contribution >= 0.6 is 23.1 Å². The van der Waals surface area contributed by atoms with Crippen LogP contribution in [0.3, 0.4) is 0 Å². The summed E-state index contributed by atoms with van der Waals surface area (Å²) >= 11 is 3.47. The smallest absolute Gasteiger partial charge is 0.206 e. The van der Waals surface area contributed by atoms with Crippen molar-refractivity contribution in [3.8, 4) is 0 Å². The molecule has 3 nitrogen and oxygen atoms in total. The molecule has 0 spiro atoms. The van der Waals surface area contributed by atoms with Crippen LogP contribution in [0.15, 0.2) is 4.34 Å². The van der Waals surface area contributed by atoms with E-state index in [1.54, 1.807) is 23.1 Å². The quantitative estimate of drug-likeness (QED) is 0.833. The van der Waals surface area contributed by atoms with Gasteiger partial charge in [0, 0.05) is 11.3 Å². The summed E-state index contributed by atoms with van der Waals surface area (Å²) in [4.78, 5) is 0. The Bertz CT molecular complexity index is 319. The lowest BCUT2D eigenvalue weighted by atomic mass is 9.96. The Morgan fingerprint density at radius 3 is 2.69 bits per heavy atom. The van der Waals surface area contributed by atoms with E-state index < -0.39 is 0 Å². The minimum Gasteiger partial charge on any atom is -0.357 e. The number of rotatable bonds is 4. The third-order valence-corrected chi connectivity index (χ3v) is 4.62. The molecule has 90 valence electrons. The second kappa shape index (κ2) is 5.87. The number of hydrogen-bond donors (Lipinski definition) is 1. The molecule has 16 heavy (non-hydrogen) atoms. The average molecular weight is 257 g/mol. The van der Waals surface area contributed by atoms with E-state index in [1.165, 1.54) is 32.1 Å². The summed E-state index contributed by atoms with van der Waals surface area (Å²) in [7, 11) is 0. The molecule has 0 aliphatic heterocycles. The van der Waals surface area contributed by atoms with Crippen molar-refractivity contribution in [1.82, 2.24) is 10.2 Å². The minimum absolute atomic E-state index is 0.579. The van der Waals surface area contributed by atoms with Gasteiger partial charge < -0.3 is 5.32 Å². The third-order valence-electron chi connectivity index (χ3n) is 2.68. The molecule has 0 saturated heterocycles. The molecule has 1 aliphatic rings. The molecule has 5 heteroatoms. The molecule has 0 bridgehead atoms. The first-order valence-corrected chi connectivity index (χ1v) is 7.70. The second-order valence-electron chi connectivity index (χ2n) is 4.52. The fourth-order valence-corrected chi connectivity index (χ4v) is 3.99. The molecule has 1 N–H and O–H groups in total. The van der Waals surface area contributed by atoms with E-state index in [9.17, 15) is 0 Å². The standard InChI is InChI=1S/C11H19N3S2/c1-8(2)15-11-14-13-10(16-11)12-9-6-4-3-5-7-9/h8-9H,3-7H2,1-2H3,(H,12,13). The summed E-state index contributed by atoms with van der Waals surface area (Å²) in [5.41, 5.74) is 0. The zero-order valence-electron chi connectivity index (χ0n) is 9.90. The zero-order valence-corrected chi connectivity index (χ0v) is 11.5. The molecule has 2 rings (SSSR count). The Morgan fingerprint density at radius 1 is 1.25 bits per heavy atom. The summed E-state index contributed by atoms with van der Waals surface area (Å²) in [5.74, 6) is 0. The van der Waals surface area contributed by atoms with Crippen molar-refractivity contribution in [3.63, 3.8) is 0 Å². The van der Waals surface area contributed by atoms with Gasteiger partial charge in [-0.3, -0.25) is 0 Å². The van der Waals surface area contributed by atoms with Crippen LogP contribution in [-0.2, 0) is 0 Å². The molecular formula is C11H19N3S2. The number of anilines is 1. The Labute approximate surface area is 105 Å². The predicted octanol–water partition coefficient (Wildman–Crippen LogP) is 3.78. The van der Waals surface area contributed by atoms with Gasteiger partial charge in [0.25, 0.3) is 0 Å². The van der Waals surface area contributed by atoms with E-state index in [4.69, 9.17) is 0 Å². The van der Waals surface area contributed by atoms with Gasteiger partial charge in [-0.2, -0.15) is 0 Å². The van der Waals surface area contributed by atoms with Gasteiger partial charge in [-0.25, -0.2) is 0 Å². The van der Waals surface area contributed by atoms with Gasteiger partial charge in [0.15, 0.2) is 4.34 Å². The summed E-state index contributed by atoms with van der Waals surface area (Å²) in [5, 5.41) is 13.5. The first-order valence-electron chi connectivity index (χ1n) is 6.01. The fourth-order valence-electron chi connectivity index (χ4n) is 1.94. The van der Waals surface area contributed by atoms with Crippen molar-refractivity contribution >= 4 is 28.2 Å². The molecule has 1 aromatic heterocycles. The highest BCUT2D eigenvalue weighted by Crippen LogP contribution is 2.30. The maximum absolute atomic E-state index is 4.20. The molecule has 0 aromatic carbocycles. The van der Waals surface area contributed by atoms with Crippen LogP contribution in [0.4, 0.5) is 5.13 Å². The average Bonchev–Trinajstić information content (AvgIpc) is 2.66. The van der Waals surface area contributed by atoms with E-state index in [1.807, 2.05) is 0 Å². The van der Waals surface area contributed by atoms with E-state index in [0.29, 0.717) is 11.3 Å². The number of aromatic nitrogens is 2. The largest absolute Gasteiger partial charge is 0.357 e. The van der Waals surface area contributed by atoms with E-state index >= 15 is 0 Å². The monoisotopic (exact) mass is 257 g/mol. The van der Waals surface area contributed by atoms with Crippen LogP contribution in [-0.4, -0.2) is 21.5 Å². The van der Waals surface area contributed by atoms with Crippen LogP contribution in [0.1, 0.15) is 46.0 Å². The number of nitrogens with one attached hydrogen (secondary N) is 1. The minimum atomic E-state index is 0.579. The Kier molecular flexibility index (Phi) is 4.46. The predicted molar refractivity (Wildman–Crippen MR) is 71.4 cm³/mol. The van der Waals surface area contributed by atoms with Crippen molar-refractivity contribution in [2.45, 2.75) is 61.6 Å². The molecule has 0 unspecified atom stereocenters. The van der Waals surface area contributed by atoms with Gasteiger partial charge in [0.2, 0.25) is 5.13 Å². The normalized spacial score (nSPS) is 17.9. The lowest BCUT2D eigenvalue weighted by molar-refractivity contribution is 0.462. The van der Waals surface area contributed by atoms with Crippen molar-refractivity contribution in [2.24, 2.45) is 0 Å². The molecule has 1 saturated carbocycles. The third kappa shape index (κ3) is 3.63. The second-order valence-corrected chi connectivity index (χ2v) is 7.32. The Hall–Kier alpha value is -0.290. The highest BCUT2D eigenvalue weighted by Gasteiger charge is 2.15. The summed E-state index contributed by atoms with van der Waals surface area (Å²) < 4.78 is 1.08. The zero-order chi connectivity index (χ0) is 11.4. The van der Waals surface area contributed by atoms with Crippen molar-refractivity contribution < 1.29 is 0 Å². The molecule has 0 atom stereocenters. The topological polar surface area (TPSA) is 37.8 Å². The van der Waals surface area contributed by atoms with Crippen molar-refractivity contribution in [1.29, 1.82) is 0 Å². The van der Waals surface area contributed by atoms with Gasteiger partial charge in [-0.05, 0) is 12.8 Å². The van der Waals surface area contributed by atoms with Gasteiger partial charge in [0.05, 0.1) is 0 Å². The molecule has 1 aliphatic carbocycles. The maximum Gasteiger partial charge on any atom is 0.206 e. The Balaban J connectivity index is 1.86. The van der Waals surface area contributed by atoms with Crippen molar-refractivity contribution in [2.75, 3.05) is 5.32 Å². The SMILES string of the molecule is CC(C)Sc1nnc(NC2CCCCC2)s1. The maximum atomic E-state index is 4.20. The van der Waals surface area contributed by atoms with Gasteiger partial charge in [0.1, 0.15) is 0 Å². The van der Waals surface area contributed by atoms with Gasteiger partial charge >= 0.3 is 0 Å². The van der Waals surface area contributed by atoms with Crippen LogP contribution in [0.2, 0.25) is 0 Å². The first kappa shape index (κ1) is 12.2.